The molecular formula is C19H27N5OS. The average Bonchev–Trinajstić information content (AvgIpc) is 3.15. The van der Waals surface area contributed by atoms with Crippen LogP contribution in [0.5, 0.6) is 0 Å². The molecule has 1 amide bonds. The van der Waals surface area contributed by atoms with Crippen molar-refractivity contribution in [3.05, 3.63) is 40.8 Å². The second kappa shape index (κ2) is 8.14. The quantitative estimate of drug-likeness (QED) is 0.873. The maximum absolute atomic E-state index is 12.7. The van der Waals surface area contributed by atoms with Crippen LogP contribution in [0.1, 0.15) is 31.7 Å². The SMILES string of the molecule is CC(C)(C)C(NCC(=O)N1CCN(c2ncccn2)CC1)c1cccs1. The first-order valence-corrected chi connectivity index (χ1v) is 9.89. The zero-order valence-electron chi connectivity index (χ0n) is 15.7. The molecule has 1 atom stereocenters. The van der Waals surface area contributed by atoms with E-state index < -0.39 is 0 Å². The summed E-state index contributed by atoms with van der Waals surface area (Å²) in [5, 5.41) is 5.57. The minimum absolute atomic E-state index is 0.0501. The molecule has 6 nitrogen and oxygen atoms in total. The lowest BCUT2D eigenvalue weighted by molar-refractivity contribution is -0.130. The Kier molecular flexibility index (Phi) is 5.88. The summed E-state index contributed by atoms with van der Waals surface area (Å²) in [6, 6.07) is 6.18. The fourth-order valence-corrected chi connectivity index (χ4v) is 4.25. The predicted octanol–water partition coefficient (Wildman–Crippen LogP) is 2.56. The lowest BCUT2D eigenvalue weighted by Crippen LogP contribution is -2.51. The van der Waals surface area contributed by atoms with E-state index in [4.69, 9.17) is 0 Å². The van der Waals surface area contributed by atoms with Crippen LogP contribution in [0.4, 0.5) is 5.95 Å². The highest BCUT2D eigenvalue weighted by Gasteiger charge is 2.28. The smallest absolute Gasteiger partial charge is 0.236 e. The van der Waals surface area contributed by atoms with E-state index in [9.17, 15) is 4.79 Å². The summed E-state index contributed by atoms with van der Waals surface area (Å²) in [6.45, 7) is 9.92. The number of nitrogens with zero attached hydrogens (tertiary/aromatic N) is 4. The van der Waals surface area contributed by atoms with E-state index in [1.54, 1.807) is 23.7 Å². The molecule has 0 radical (unpaired) electrons. The molecule has 1 aliphatic rings. The van der Waals surface area contributed by atoms with Gasteiger partial charge in [-0.3, -0.25) is 4.79 Å². The van der Waals surface area contributed by atoms with Crippen molar-refractivity contribution in [2.45, 2.75) is 26.8 Å². The number of nitrogens with one attached hydrogen (secondary N) is 1. The van der Waals surface area contributed by atoms with E-state index in [1.165, 1.54) is 4.88 Å². The molecular weight excluding hydrogens is 346 g/mol. The highest BCUT2D eigenvalue weighted by atomic mass is 32.1. The Labute approximate surface area is 159 Å². The minimum Gasteiger partial charge on any atom is -0.338 e. The number of aromatic nitrogens is 2. The summed E-state index contributed by atoms with van der Waals surface area (Å²) in [7, 11) is 0. The van der Waals surface area contributed by atoms with Gasteiger partial charge in [-0.2, -0.15) is 0 Å². The highest BCUT2D eigenvalue weighted by Crippen LogP contribution is 2.34. The van der Waals surface area contributed by atoms with Gasteiger partial charge in [0.1, 0.15) is 0 Å². The van der Waals surface area contributed by atoms with Crippen molar-refractivity contribution in [3.63, 3.8) is 0 Å². The predicted molar refractivity (Wildman–Crippen MR) is 105 cm³/mol. The van der Waals surface area contributed by atoms with Crippen LogP contribution in [-0.2, 0) is 4.79 Å². The van der Waals surface area contributed by atoms with E-state index >= 15 is 0 Å². The third-order valence-electron chi connectivity index (χ3n) is 4.62. The molecule has 0 bridgehead atoms. The van der Waals surface area contributed by atoms with Crippen LogP contribution in [0.2, 0.25) is 0 Å². The van der Waals surface area contributed by atoms with E-state index in [1.807, 2.05) is 11.0 Å². The van der Waals surface area contributed by atoms with Crippen LogP contribution in [0.15, 0.2) is 36.0 Å². The summed E-state index contributed by atoms with van der Waals surface area (Å²) in [6.07, 6.45) is 3.50. The van der Waals surface area contributed by atoms with Crippen molar-refractivity contribution in [3.8, 4) is 0 Å². The molecule has 1 unspecified atom stereocenters. The fraction of sp³-hybridized carbons (Fsp3) is 0.526. The molecule has 0 saturated carbocycles. The number of amides is 1. The lowest BCUT2D eigenvalue weighted by Gasteiger charge is -2.36. The van der Waals surface area contributed by atoms with Crippen molar-refractivity contribution in [2.75, 3.05) is 37.6 Å². The van der Waals surface area contributed by atoms with Gasteiger partial charge in [-0.05, 0) is 22.9 Å². The molecule has 7 heteroatoms. The van der Waals surface area contributed by atoms with Crippen molar-refractivity contribution >= 4 is 23.2 Å². The van der Waals surface area contributed by atoms with Crippen LogP contribution >= 0.6 is 11.3 Å². The Morgan fingerprint density at radius 3 is 2.46 bits per heavy atom. The van der Waals surface area contributed by atoms with Gasteiger partial charge >= 0.3 is 0 Å². The van der Waals surface area contributed by atoms with Crippen LogP contribution in [-0.4, -0.2) is 53.5 Å². The van der Waals surface area contributed by atoms with Gasteiger partial charge in [-0.1, -0.05) is 26.8 Å². The Balaban J connectivity index is 1.52. The molecule has 3 rings (SSSR count). The van der Waals surface area contributed by atoms with E-state index in [2.05, 4.69) is 58.5 Å². The molecule has 0 aromatic carbocycles. The zero-order valence-corrected chi connectivity index (χ0v) is 16.5. The number of thiophene rings is 1. The first-order chi connectivity index (χ1) is 12.4. The summed E-state index contributed by atoms with van der Waals surface area (Å²) in [4.78, 5) is 26.6. The third-order valence-corrected chi connectivity index (χ3v) is 5.56. The Hall–Kier alpha value is -1.99. The van der Waals surface area contributed by atoms with Crippen LogP contribution < -0.4 is 10.2 Å². The Morgan fingerprint density at radius 2 is 1.88 bits per heavy atom. The van der Waals surface area contributed by atoms with Crippen molar-refractivity contribution < 1.29 is 4.79 Å². The molecule has 2 aromatic rings. The van der Waals surface area contributed by atoms with Gasteiger partial charge in [0.25, 0.3) is 0 Å². The molecule has 1 saturated heterocycles. The van der Waals surface area contributed by atoms with Gasteiger partial charge < -0.3 is 15.1 Å². The van der Waals surface area contributed by atoms with E-state index in [0.717, 1.165) is 19.0 Å². The summed E-state index contributed by atoms with van der Waals surface area (Å²) in [5.74, 6) is 0.896. The second-order valence-electron chi connectivity index (χ2n) is 7.61. The van der Waals surface area contributed by atoms with Gasteiger partial charge in [-0.25, -0.2) is 9.97 Å². The van der Waals surface area contributed by atoms with Crippen LogP contribution in [0, 0.1) is 5.41 Å². The molecule has 26 heavy (non-hydrogen) atoms. The van der Waals surface area contributed by atoms with Gasteiger partial charge in [0, 0.05) is 49.5 Å². The molecule has 1 aliphatic heterocycles. The first-order valence-electron chi connectivity index (χ1n) is 9.01. The minimum atomic E-state index is 0.0501. The fourth-order valence-electron chi connectivity index (χ4n) is 3.20. The summed E-state index contributed by atoms with van der Waals surface area (Å²) in [5.41, 5.74) is 0.0501. The van der Waals surface area contributed by atoms with Gasteiger partial charge in [0.15, 0.2) is 0 Å². The number of anilines is 1. The maximum Gasteiger partial charge on any atom is 0.236 e. The normalized spacial score (nSPS) is 16.6. The summed E-state index contributed by atoms with van der Waals surface area (Å²) >= 11 is 1.74. The maximum atomic E-state index is 12.7. The second-order valence-corrected chi connectivity index (χ2v) is 8.59. The number of carbonyl (C=O) groups excluding carboxylic acids is 1. The number of rotatable bonds is 5. The molecule has 0 aliphatic carbocycles. The zero-order chi connectivity index (χ0) is 18.6. The van der Waals surface area contributed by atoms with Gasteiger partial charge in [0.05, 0.1) is 6.54 Å². The van der Waals surface area contributed by atoms with Crippen LogP contribution in [0.25, 0.3) is 0 Å². The van der Waals surface area contributed by atoms with Gasteiger partial charge in [0.2, 0.25) is 11.9 Å². The Morgan fingerprint density at radius 1 is 1.19 bits per heavy atom. The van der Waals surface area contributed by atoms with Gasteiger partial charge in [-0.15, -0.1) is 11.3 Å². The number of hydrogen-bond acceptors (Lipinski definition) is 6. The lowest BCUT2D eigenvalue weighted by atomic mass is 9.86. The van der Waals surface area contributed by atoms with Crippen LogP contribution in [0.3, 0.4) is 0 Å². The van der Waals surface area contributed by atoms with E-state index in [0.29, 0.717) is 19.6 Å². The standard InChI is InChI=1S/C19H27N5OS/c1-19(2,3)17(15-6-4-13-26-15)22-14-16(25)23-9-11-24(12-10-23)18-20-7-5-8-21-18/h4-8,13,17,22H,9-12,14H2,1-3H3. The topological polar surface area (TPSA) is 61.4 Å². The Bertz CT molecular complexity index is 690. The molecule has 0 spiro atoms. The average molecular weight is 374 g/mol. The van der Waals surface area contributed by atoms with Crippen molar-refractivity contribution in [2.24, 2.45) is 5.41 Å². The number of carbonyl (C=O) groups is 1. The van der Waals surface area contributed by atoms with Crippen molar-refractivity contribution in [1.29, 1.82) is 0 Å². The monoisotopic (exact) mass is 373 g/mol. The molecule has 3 heterocycles. The third kappa shape index (κ3) is 4.59. The van der Waals surface area contributed by atoms with Crippen molar-refractivity contribution in [1.82, 2.24) is 20.2 Å². The molecule has 1 fully saturated rings. The largest absolute Gasteiger partial charge is 0.338 e. The number of piperazine rings is 1. The first kappa shape index (κ1) is 18.8. The molecule has 1 N–H and O–H groups in total. The number of hydrogen-bond donors (Lipinski definition) is 1. The van der Waals surface area contributed by atoms with E-state index in [-0.39, 0.29) is 17.4 Å². The summed E-state index contributed by atoms with van der Waals surface area (Å²) < 4.78 is 0. The highest BCUT2D eigenvalue weighted by molar-refractivity contribution is 7.10. The molecule has 140 valence electrons. The molecule has 2 aromatic heterocycles.